The Morgan fingerprint density at radius 1 is 1.30 bits per heavy atom. The van der Waals surface area contributed by atoms with E-state index in [1.165, 1.54) is 18.4 Å². The zero-order valence-electron chi connectivity index (χ0n) is 13.6. The van der Waals surface area contributed by atoms with Crippen molar-refractivity contribution in [1.82, 2.24) is 9.78 Å². The Hall–Kier alpha value is -2.14. The topological polar surface area (TPSA) is 63.5 Å². The maximum atomic E-state index is 12.2. The summed E-state index contributed by atoms with van der Waals surface area (Å²) >= 11 is 0. The van der Waals surface area contributed by atoms with Gasteiger partial charge in [0.25, 0.3) is 5.91 Å². The molecule has 5 nitrogen and oxygen atoms in total. The van der Waals surface area contributed by atoms with Gasteiger partial charge in [-0.05, 0) is 19.8 Å². The molecule has 3 rings (SSSR count). The summed E-state index contributed by atoms with van der Waals surface area (Å²) in [5, 5.41) is 9.45. The van der Waals surface area contributed by atoms with Crippen LogP contribution in [0, 0.1) is 0 Å². The normalized spacial score (nSPS) is 16.4. The van der Waals surface area contributed by atoms with Crippen LogP contribution >= 0.6 is 0 Å². The zero-order valence-corrected chi connectivity index (χ0v) is 13.6. The van der Waals surface area contributed by atoms with Crippen molar-refractivity contribution >= 4 is 11.7 Å². The first-order chi connectivity index (χ1) is 11.2. The van der Waals surface area contributed by atoms with Crippen LogP contribution in [0.15, 0.2) is 42.6 Å². The number of benzene rings is 1. The Labute approximate surface area is 137 Å². The van der Waals surface area contributed by atoms with Crippen molar-refractivity contribution in [1.29, 1.82) is 0 Å². The fourth-order valence-corrected chi connectivity index (χ4v) is 3.22. The van der Waals surface area contributed by atoms with Crippen LogP contribution in [0.1, 0.15) is 50.3 Å². The summed E-state index contributed by atoms with van der Waals surface area (Å²) in [5.41, 5.74) is 1.23. The number of anilines is 1. The van der Waals surface area contributed by atoms with Gasteiger partial charge in [0.1, 0.15) is 11.9 Å². The van der Waals surface area contributed by atoms with Gasteiger partial charge in [0.15, 0.2) is 6.54 Å². The van der Waals surface area contributed by atoms with Gasteiger partial charge in [-0.1, -0.05) is 43.2 Å². The SMILES string of the molecule is C[C@H]([NH2+]CC(=O)Nc1ccnn1C1CCCC1)c1ccccc1. The quantitative estimate of drug-likeness (QED) is 0.859. The largest absolute Gasteiger partial charge is 0.333 e. The molecule has 1 aliphatic rings. The minimum absolute atomic E-state index is 0.0209. The second-order valence-corrected chi connectivity index (χ2v) is 6.29. The molecule has 1 fully saturated rings. The van der Waals surface area contributed by atoms with Crippen molar-refractivity contribution in [3.8, 4) is 0 Å². The van der Waals surface area contributed by atoms with Crippen LogP contribution in [0.2, 0.25) is 0 Å². The minimum Gasteiger partial charge on any atom is -0.333 e. The fraction of sp³-hybridized carbons (Fsp3) is 0.444. The summed E-state index contributed by atoms with van der Waals surface area (Å²) in [4.78, 5) is 12.2. The molecule has 0 saturated heterocycles. The summed E-state index contributed by atoms with van der Waals surface area (Å²) in [6.45, 7) is 2.53. The van der Waals surface area contributed by atoms with E-state index in [1.54, 1.807) is 6.20 Å². The van der Waals surface area contributed by atoms with E-state index in [2.05, 4.69) is 34.8 Å². The number of nitrogens with two attached hydrogens (primary N) is 1. The second-order valence-electron chi connectivity index (χ2n) is 6.29. The van der Waals surface area contributed by atoms with E-state index in [1.807, 2.05) is 28.9 Å². The van der Waals surface area contributed by atoms with Crippen molar-refractivity contribution in [2.24, 2.45) is 0 Å². The molecule has 1 aliphatic carbocycles. The Kier molecular flexibility index (Phi) is 5.08. The van der Waals surface area contributed by atoms with Crippen molar-refractivity contribution < 1.29 is 10.1 Å². The lowest BCUT2D eigenvalue weighted by Gasteiger charge is -2.15. The molecule has 1 aromatic heterocycles. The molecule has 1 aromatic carbocycles. The van der Waals surface area contributed by atoms with E-state index < -0.39 is 0 Å². The molecule has 23 heavy (non-hydrogen) atoms. The fourth-order valence-electron chi connectivity index (χ4n) is 3.22. The molecule has 5 heteroatoms. The van der Waals surface area contributed by atoms with Crippen molar-refractivity contribution in [2.75, 3.05) is 11.9 Å². The second kappa shape index (κ2) is 7.42. The van der Waals surface area contributed by atoms with Gasteiger partial charge < -0.3 is 10.6 Å². The van der Waals surface area contributed by atoms with E-state index in [4.69, 9.17) is 0 Å². The molecule has 1 heterocycles. The Bertz CT molecular complexity index is 631. The van der Waals surface area contributed by atoms with E-state index in [-0.39, 0.29) is 11.9 Å². The molecule has 122 valence electrons. The molecule has 1 saturated carbocycles. The number of nitrogens with zero attached hydrogens (tertiary/aromatic N) is 2. The highest BCUT2D eigenvalue weighted by Crippen LogP contribution is 2.31. The van der Waals surface area contributed by atoms with Gasteiger partial charge in [-0.3, -0.25) is 4.79 Å². The molecule has 1 atom stereocenters. The van der Waals surface area contributed by atoms with Gasteiger partial charge in [0.05, 0.1) is 12.2 Å². The summed E-state index contributed by atoms with van der Waals surface area (Å²) in [5.74, 6) is 0.843. The molecule has 0 bridgehead atoms. The molecule has 1 amide bonds. The lowest BCUT2D eigenvalue weighted by Crippen LogP contribution is -2.86. The number of rotatable bonds is 6. The van der Waals surface area contributed by atoms with Crippen LogP contribution < -0.4 is 10.6 Å². The Balaban J connectivity index is 1.53. The predicted molar refractivity (Wildman–Crippen MR) is 90.0 cm³/mol. The third-order valence-electron chi connectivity index (χ3n) is 4.59. The van der Waals surface area contributed by atoms with Gasteiger partial charge >= 0.3 is 0 Å². The third kappa shape index (κ3) is 3.99. The number of aromatic nitrogens is 2. The van der Waals surface area contributed by atoms with Gasteiger partial charge in [-0.25, -0.2) is 4.68 Å². The van der Waals surface area contributed by atoms with Crippen LogP contribution in [0.3, 0.4) is 0 Å². The molecule has 0 radical (unpaired) electrons. The molecule has 0 aliphatic heterocycles. The first kappa shape index (κ1) is 15.7. The first-order valence-electron chi connectivity index (χ1n) is 8.45. The zero-order chi connectivity index (χ0) is 16.1. The molecule has 0 unspecified atom stereocenters. The van der Waals surface area contributed by atoms with Crippen LogP contribution in [0.25, 0.3) is 0 Å². The Morgan fingerprint density at radius 2 is 2.04 bits per heavy atom. The molecule has 3 N–H and O–H groups in total. The van der Waals surface area contributed by atoms with Crippen molar-refractivity contribution in [3.05, 3.63) is 48.2 Å². The molecule has 2 aromatic rings. The average molecular weight is 313 g/mol. The number of amides is 1. The van der Waals surface area contributed by atoms with E-state index in [0.717, 1.165) is 18.7 Å². The monoisotopic (exact) mass is 313 g/mol. The van der Waals surface area contributed by atoms with E-state index in [9.17, 15) is 4.79 Å². The van der Waals surface area contributed by atoms with Crippen LogP contribution in [-0.4, -0.2) is 22.2 Å². The lowest BCUT2D eigenvalue weighted by atomic mass is 10.1. The summed E-state index contributed by atoms with van der Waals surface area (Å²) in [6.07, 6.45) is 6.58. The number of nitrogens with one attached hydrogen (secondary N) is 1. The van der Waals surface area contributed by atoms with Crippen LogP contribution in [-0.2, 0) is 4.79 Å². The highest BCUT2D eigenvalue weighted by atomic mass is 16.2. The maximum absolute atomic E-state index is 12.2. The molecular weight excluding hydrogens is 288 g/mol. The number of carbonyl (C=O) groups excluding carboxylic acids is 1. The number of quaternary nitrogens is 1. The smallest absolute Gasteiger partial charge is 0.280 e. The van der Waals surface area contributed by atoms with Crippen molar-refractivity contribution in [3.63, 3.8) is 0 Å². The summed E-state index contributed by atoms with van der Waals surface area (Å²) < 4.78 is 1.98. The lowest BCUT2D eigenvalue weighted by molar-refractivity contribution is -0.682. The Morgan fingerprint density at radius 3 is 2.78 bits per heavy atom. The van der Waals surface area contributed by atoms with E-state index >= 15 is 0 Å². The molecular formula is C18H25N4O+. The van der Waals surface area contributed by atoms with Crippen molar-refractivity contribution in [2.45, 2.75) is 44.7 Å². The summed E-state index contributed by atoms with van der Waals surface area (Å²) in [7, 11) is 0. The van der Waals surface area contributed by atoms with Crippen LogP contribution in [0.4, 0.5) is 5.82 Å². The van der Waals surface area contributed by atoms with Gasteiger partial charge in [0.2, 0.25) is 0 Å². The van der Waals surface area contributed by atoms with Gasteiger partial charge in [0, 0.05) is 11.6 Å². The molecule has 0 spiro atoms. The maximum Gasteiger partial charge on any atom is 0.280 e. The predicted octanol–water partition coefficient (Wildman–Crippen LogP) is 2.26. The van der Waals surface area contributed by atoms with Crippen LogP contribution in [0.5, 0.6) is 0 Å². The third-order valence-corrected chi connectivity index (χ3v) is 4.59. The van der Waals surface area contributed by atoms with Gasteiger partial charge in [-0.15, -0.1) is 0 Å². The minimum atomic E-state index is 0.0209. The highest BCUT2D eigenvalue weighted by molar-refractivity contribution is 5.90. The number of hydrogen-bond donors (Lipinski definition) is 2. The average Bonchev–Trinajstić information content (AvgIpc) is 3.24. The highest BCUT2D eigenvalue weighted by Gasteiger charge is 2.21. The van der Waals surface area contributed by atoms with E-state index in [0.29, 0.717) is 12.6 Å². The number of hydrogen-bond acceptors (Lipinski definition) is 2. The number of carbonyl (C=O) groups is 1. The van der Waals surface area contributed by atoms with Gasteiger partial charge in [-0.2, -0.15) is 5.10 Å². The standard InChI is InChI=1S/C18H24N4O/c1-14(15-7-3-2-4-8-15)19-13-18(23)21-17-11-12-20-22(17)16-9-5-6-10-16/h2-4,7-8,11-12,14,16,19H,5-6,9-10,13H2,1H3,(H,21,23)/p+1/t14-/m0/s1. The summed E-state index contributed by atoms with van der Waals surface area (Å²) in [6, 6.07) is 12.8. The first-order valence-corrected chi connectivity index (χ1v) is 8.45.